The Morgan fingerprint density at radius 1 is 1.00 bits per heavy atom. The first-order chi connectivity index (χ1) is 14.5. The molecule has 2 N–H and O–H groups in total. The normalized spacial score (nSPS) is 10.6. The van der Waals surface area contributed by atoms with Crippen molar-refractivity contribution in [2.45, 2.75) is 6.92 Å². The second-order valence-corrected chi connectivity index (χ2v) is 7.13. The van der Waals surface area contributed by atoms with Gasteiger partial charge in [-0.2, -0.15) is 0 Å². The van der Waals surface area contributed by atoms with Gasteiger partial charge in [0, 0.05) is 16.9 Å². The number of rotatable bonds is 5. The van der Waals surface area contributed by atoms with E-state index in [0.717, 1.165) is 11.3 Å². The Balaban J connectivity index is 1.50. The average Bonchev–Trinajstić information content (AvgIpc) is 3.41. The fourth-order valence-electron chi connectivity index (χ4n) is 2.78. The number of aromatic nitrogens is 4. The third-order valence-electron chi connectivity index (χ3n) is 4.24. The summed E-state index contributed by atoms with van der Waals surface area (Å²) in [6.07, 6.45) is 1.48. The number of carbonyl (C=O) groups excluding carboxylic acids is 2. The number of halogens is 1. The van der Waals surface area contributed by atoms with E-state index >= 15 is 0 Å². The lowest BCUT2D eigenvalue weighted by Crippen LogP contribution is -2.14. The van der Waals surface area contributed by atoms with E-state index in [1.165, 1.54) is 11.0 Å². The number of furan rings is 1. The number of carbonyl (C=O) groups is 2. The standard InChI is InChI=1S/C20H15BrN6O3/c1-12-5-6-15(10-16(12)27-11-22-25-26-27)23-19(28)13-3-2-4-14(9-13)24-20(29)17-7-8-18(21)30-17/h2-11H,1H3,(H,23,28)(H,24,29). The van der Waals surface area contributed by atoms with Crippen molar-refractivity contribution in [1.82, 2.24) is 20.2 Å². The molecular weight excluding hydrogens is 452 g/mol. The summed E-state index contributed by atoms with van der Waals surface area (Å²) in [5.74, 6) is -0.576. The Labute approximate surface area is 179 Å². The van der Waals surface area contributed by atoms with Crippen molar-refractivity contribution in [2.75, 3.05) is 10.6 Å². The average molecular weight is 467 g/mol. The molecule has 9 nitrogen and oxygen atoms in total. The van der Waals surface area contributed by atoms with Crippen LogP contribution in [0.4, 0.5) is 11.4 Å². The van der Waals surface area contributed by atoms with Gasteiger partial charge in [0.1, 0.15) is 6.33 Å². The van der Waals surface area contributed by atoms with Crippen LogP contribution in [0, 0.1) is 6.92 Å². The summed E-state index contributed by atoms with van der Waals surface area (Å²) < 4.78 is 7.22. The first kappa shape index (κ1) is 19.5. The van der Waals surface area contributed by atoms with Crippen molar-refractivity contribution < 1.29 is 14.0 Å². The highest BCUT2D eigenvalue weighted by Gasteiger charge is 2.13. The first-order valence-corrected chi connectivity index (χ1v) is 9.61. The zero-order chi connectivity index (χ0) is 21.1. The lowest BCUT2D eigenvalue weighted by Gasteiger charge is -2.10. The van der Waals surface area contributed by atoms with Crippen LogP contribution < -0.4 is 10.6 Å². The molecule has 2 amide bonds. The van der Waals surface area contributed by atoms with Crippen molar-refractivity contribution in [2.24, 2.45) is 0 Å². The van der Waals surface area contributed by atoms with Gasteiger partial charge in [0.15, 0.2) is 10.4 Å². The largest absolute Gasteiger partial charge is 0.444 e. The zero-order valence-corrected chi connectivity index (χ0v) is 17.3. The van der Waals surface area contributed by atoms with E-state index in [9.17, 15) is 9.59 Å². The predicted octanol–water partition coefficient (Wildman–Crippen LogP) is 3.83. The summed E-state index contributed by atoms with van der Waals surface area (Å²) in [5, 5.41) is 16.7. The number of hydrogen-bond donors (Lipinski definition) is 2. The van der Waals surface area contributed by atoms with Crippen molar-refractivity contribution >= 4 is 39.1 Å². The summed E-state index contributed by atoms with van der Waals surface area (Å²) in [5.41, 5.74) is 3.15. The van der Waals surface area contributed by atoms with Crippen molar-refractivity contribution in [3.63, 3.8) is 0 Å². The molecule has 0 saturated heterocycles. The van der Waals surface area contributed by atoms with Gasteiger partial charge in [-0.3, -0.25) is 9.59 Å². The molecule has 0 bridgehead atoms. The van der Waals surface area contributed by atoms with Crippen molar-refractivity contribution in [3.8, 4) is 5.69 Å². The molecule has 10 heteroatoms. The number of amides is 2. The monoisotopic (exact) mass is 466 g/mol. The molecule has 30 heavy (non-hydrogen) atoms. The van der Waals surface area contributed by atoms with E-state index in [0.29, 0.717) is 21.6 Å². The topological polar surface area (TPSA) is 115 Å². The minimum Gasteiger partial charge on any atom is -0.444 e. The van der Waals surface area contributed by atoms with E-state index in [-0.39, 0.29) is 11.7 Å². The van der Waals surface area contributed by atoms with Crippen molar-refractivity contribution in [1.29, 1.82) is 0 Å². The molecular formula is C20H15BrN6O3. The second-order valence-electron chi connectivity index (χ2n) is 6.35. The molecule has 0 aliphatic rings. The molecule has 4 aromatic rings. The highest BCUT2D eigenvalue weighted by molar-refractivity contribution is 9.10. The fraction of sp³-hybridized carbons (Fsp3) is 0.0500. The van der Waals surface area contributed by atoms with Gasteiger partial charge in [-0.25, -0.2) is 4.68 Å². The Hall–Kier alpha value is -3.79. The van der Waals surface area contributed by atoms with Crippen LogP contribution in [0.25, 0.3) is 5.69 Å². The molecule has 0 radical (unpaired) electrons. The molecule has 2 heterocycles. The van der Waals surface area contributed by atoms with Crippen LogP contribution >= 0.6 is 15.9 Å². The molecule has 0 fully saturated rings. The third kappa shape index (κ3) is 4.28. The summed E-state index contributed by atoms with van der Waals surface area (Å²) in [7, 11) is 0. The van der Waals surface area contributed by atoms with Gasteiger partial charge in [-0.05, 0) is 81.3 Å². The predicted molar refractivity (Wildman–Crippen MR) is 113 cm³/mol. The maximum Gasteiger partial charge on any atom is 0.291 e. The number of benzene rings is 2. The Morgan fingerprint density at radius 2 is 1.80 bits per heavy atom. The second kappa shape index (κ2) is 8.29. The van der Waals surface area contributed by atoms with Crippen LogP contribution in [-0.4, -0.2) is 32.0 Å². The quantitative estimate of drug-likeness (QED) is 0.461. The van der Waals surface area contributed by atoms with Crippen LogP contribution in [0.3, 0.4) is 0 Å². The number of aryl methyl sites for hydroxylation is 1. The van der Waals surface area contributed by atoms with Crippen LogP contribution in [0.5, 0.6) is 0 Å². The number of nitrogens with one attached hydrogen (secondary N) is 2. The van der Waals surface area contributed by atoms with Crippen molar-refractivity contribution in [3.05, 3.63) is 82.5 Å². The van der Waals surface area contributed by atoms with E-state index in [1.54, 1.807) is 48.5 Å². The van der Waals surface area contributed by atoms with E-state index in [2.05, 4.69) is 42.1 Å². The van der Waals surface area contributed by atoms with E-state index in [1.807, 2.05) is 13.0 Å². The number of anilines is 2. The Morgan fingerprint density at radius 3 is 2.53 bits per heavy atom. The molecule has 0 spiro atoms. The molecule has 2 aromatic carbocycles. The number of hydrogen-bond acceptors (Lipinski definition) is 6. The van der Waals surface area contributed by atoms with Gasteiger partial charge >= 0.3 is 0 Å². The summed E-state index contributed by atoms with van der Waals surface area (Å²) in [6.45, 7) is 1.92. The van der Waals surface area contributed by atoms with Crippen LogP contribution in [0.1, 0.15) is 26.5 Å². The van der Waals surface area contributed by atoms with Gasteiger partial charge in [0.05, 0.1) is 5.69 Å². The fourth-order valence-corrected chi connectivity index (χ4v) is 3.08. The lowest BCUT2D eigenvalue weighted by molar-refractivity contribution is 0.0992. The molecule has 0 aliphatic heterocycles. The molecule has 0 saturated carbocycles. The summed E-state index contributed by atoms with van der Waals surface area (Å²) >= 11 is 3.16. The number of nitrogens with zero attached hydrogens (tertiary/aromatic N) is 4. The van der Waals surface area contributed by atoms with Crippen LogP contribution in [0.15, 0.2) is 70.0 Å². The van der Waals surface area contributed by atoms with Crippen LogP contribution in [-0.2, 0) is 0 Å². The van der Waals surface area contributed by atoms with Gasteiger partial charge in [-0.15, -0.1) is 5.10 Å². The molecule has 4 rings (SSSR count). The highest BCUT2D eigenvalue weighted by atomic mass is 79.9. The minimum absolute atomic E-state index is 0.159. The summed E-state index contributed by atoms with van der Waals surface area (Å²) in [4.78, 5) is 24.9. The Bertz CT molecular complexity index is 1220. The zero-order valence-electron chi connectivity index (χ0n) is 15.7. The molecule has 0 aliphatic carbocycles. The van der Waals surface area contributed by atoms with Gasteiger partial charge in [-0.1, -0.05) is 12.1 Å². The van der Waals surface area contributed by atoms with Gasteiger partial charge in [0.25, 0.3) is 11.8 Å². The molecule has 150 valence electrons. The minimum atomic E-state index is -0.414. The lowest BCUT2D eigenvalue weighted by atomic mass is 10.1. The molecule has 0 unspecified atom stereocenters. The third-order valence-corrected chi connectivity index (χ3v) is 4.67. The molecule has 0 atom stereocenters. The van der Waals surface area contributed by atoms with E-state index < -0.39 is 5.91 Å². The molecule has 2 aromatic heterocycles. The van der Waals surface area contributed by atoms with Crippen LogP contribution in [0.2, 0.25) is 0 Å². The first-order valence-electron chi connectivity index (χ1n) is 8.82. The number of tetrazole rings is 1. The van der Waals surface area contributed by atoms with Gasteiger partial charge in [0.2, 0.25) is 0 Å². The Kier molecular flexibility index (Phi) is 5.40. The van der Waals surface area contributed by atoms with Gasteiger partial charge < -0.3 is 15.1 Å². The maximum atomic E-state index is 12.7. The smallest absolute Gasteiger partial charge is 0.291 e. The highest BCUT2D eigenvalue weighted by Crippen LogP contribution is 2.20. The van der Waals surface area contributed by atoms with E-state index in [4.69, 9.17) is 4.42 Å². The summed E-state index contributed by atoms with van der Waals surface area (Å²) in [6, 6.07) is 15.2. The SMILES string of the molecule is Cc1ccc(NC(=O)c2cccc(NC(=O)c3ccc(Br)o3)c2)cc1-n1cnnn1. The maximum absolute atomic E-state index is 12.7.